The molecule has 0 aliphatic heterocycles. The number of aliphatic hydroxyl groups is 1. The van der Waals surface area contributed by atoms with Gasteiger partial charge in [-0.15, -0.1) is 0 Å². The molecule has 0 saturated carbocycles. The predicted octanol–water partition coefficient (Wildman–Crippen LogP) is 0.870. The first kappa shape index (κ1) is 11.5. The second-order valence-corrected chi connectivity index (χ2v) is 3.32. The maximum absolute atomic E-state index is 10.5. The Bertz CT molecular complexity index is 422. The first-order valence-electron chi connectivity index (χ1n) is 3.64. The van der Waals surface area contributed by atoms with Gasteiger partial charge in [-0.25, -0.2) is 9.78 Å². The summed E-state index contributed by atoms with van der Waals surface area (Å²) in [6, 6.07) is 0.954. The Labute approximate surface area is 91.7 Å². The molecule has 0 aliphatic rings. The van der Waals surface area contributed by atoms with Gasteiger partial charge in [0.05, 0.1) is 4.92 Å². The second kappa shape index (κ2) is 4.32. The summed E-state index contributed by atoms with van der Waals surface area (Å²) < 4.78 is 0.0583. The molecule has 1 unspecified atom stereocenters. The summed E-state index contributed by atoms with van der Waals surface area (Å²) >= 11 is 2.89. The number of aliphatic hydroxyl groups excluding tert-OH is 1. The molecule has 0 bridgehead atoms. The van der Waals surface area contributed by atoms with Gasteiger partial charge in [0.15, 0.2) is 6.10 Å². The Morgan fingerprint density at radius 2 is 2.27 bits per heavy atom. The number of hydrogen-bond acceptors (Lipinski definition) is 5. The number of aliphatic carboxylic acids is 1. The van der Waals surface area contributed by atoms with Gasteiger partial charge >= 0.3 is 5.97 Å². The van der Waals surface area contributed by atoms with E-state index in [4.69, 9.17) is 5.11 Å². The van der Waals surface area contributed by atoms with Crippen LogP contribution >= 0.6 is 15.9 Å². The Hall–Kier alpha value is -1.54. The summed E-state index contributed by atoms with van der Waals surface area (Å²) in [5.41, 5.74) is -0.537. The number of aromatic nitrogens is 1. The first-order valence-corrected chi connectivity index (χ1v) is 4.43. The SMILES string of the molecule is O=C(O)C(O)c1cc([N+](=O)[O-])cnc1Br. The van der Waals surface area contributed by atoms with Crippen LogP contribution in [0.25, 0.3) is 0 Å². The van der Waals surface area contributed by atoms with E-state index in [0.29, 0.717) is 0 Å². The van der Waals surface area contributed by atoms with Gasteiger partial charge in [-0.3, -0.25) is 10.1 Å². The number of hydrogen-bond donors (Lipinski definition) is 2. The largest absolute Gasteiger partial charge is 0.479 e. The lowest BCUT2D eigenvalue weighted by atomic mass is 10.1. The standard InChI is InChI=1S/C7H5BrN2O5/c8-6-4(5(11)7(12)13)1-3(2-9-6)10(14)15/h1-2,5,11H,(H,12,13). The average Bonchev–Trinajstić information content (AvgIpc) is 2.16. The number of carboxylic acids is 1. The molecule has 1 aromatic rings. The van der Waals surface area contributed by atoms with Crippen molar-refractivity contribution in [3.05, 3.63) is 32.5 Å². The van der Waals surface area contributed by atoms with Gasteiger partial charge in [0.1, 0.15) is 10.8 Å². The van der Waals surface area contributed by atoms with Gasteiger partial charge in [-0.2, -0.15) is 0 Å². The van der Waals surface area contributed by atoms with E-state index >= 15 is 0 Å². The summed E-state index contributed by atoms with van der Waals surface area (Å²) in [7, 11) is 0. The van der Waals surface area contributed by atoms with E-state index in [9.17, 15) is 20.0 Å². The molecule has 0 aromatic carbocycles. The molecular weight excluding hydrogens is 272 g/mol. The minimum Gasteiger partial charge on any atom is -0.479 e. The van der Waals surface area contributed by atoms with E-state index in [1.165, 1.54) is 0 Å². The number of nitrogens with zero attached hydrogens (tertiary/aromatic N) is 2. The highest BCUT2D eigenvalue weighted by Gasteiger charge is 2.22. The molecule has 8 heteroatoms. The lowest BCUT2D eigenvalue weighted by molar-refractivity contribution is -0.385. The number of carbonyl (C=O) groups is 1. The van der Waals surface area contributed by atoms with Crippen molar-refractivity contribution in [3.8, 4) is 0 Å². The minimum absolute atomic E-state index is 0.0583. The van der Waals surface area contributed by atoms with Gasteiger partial charge in [0, 0.05) is 11.6 Å². The maximum atomic E-state index is 10.5. The van der Waals surface area contributed by atoms with Gasteiger partial charge in [-0.1, -0.05) is 0 Å². The highest BCUT2D eigenvalue weighted by Crippen LogP contribution is 2.25. The van der Waals surface area contributed by atoms with Gasteiger partial charge in [0.2, 0.25) is 0 Å². The third kappa shape index (κ3) is 2.48. The highest BCUT2D eigenvalue weighted by molar-refractivity contribution is 9.10. The average molecular weight is 277 g/mol. The number of pyridine rings is 1. The molecule has 1 heterocycles. The van der Waals surface area contributed by atoms with Crippen molar-refractivity contribution < 1.29 is 19.9 Å². The fourth-order valence-corrected chi connectivity index (χ4v) is 1.31. The van der Waals surface area contributed by atoms with Crippen molar-refractivity contribution in [1.82, 2.24) is 4.98 Å². The van der Waals surface area contributed by atoms with E-state index in [2.05, 4.69) is 20.9 Å². The number of halogens is 1. The van der Waals surface area contributed by atoms with E-state index in [1.54, 1.807) is 0 Å². The molecule has 0 saturated heterocycles. The van der Waals surface area contributed by atoms with Crippen LogP contribution in [0.4, 0.5) is 5.69 Å². The monoisotopic (exact) mass is 276 g/mol. The maximum Gasteiger partial charge on any atom is 0.337 e. The molecule has 2 N–H and O–H groups in total. The predicted molar refractivity (Wildman–Crippen MR) is 51.2 cm³/mol. The summed E-state index contributed by atoms with van der Waals surface area (Å²) in [5.74, 6) is -1.50. The van der Waals surface area contributed by atoms with Crippen molar-refractivity contribution >= 4 is 27.6 Å². The number of rotatable bonds is 3. The second-order valence-electron chi connectivity index (χ2n) is 2.57. The van der Waals surface area contributed by atoms with Crippen LogP contribution in [0.2, 0.25) is 0 Å². The van der Waals surface area contributed by atoms with E-state index in [0.717, 1.165) is 12.3 Å². The number of carboxylic acid groups (broad SMARTS) is 1. The van der Waals surface area contributed by atoms with Crippen LogP contribution in [0.5, 0.6) is 0 Å². The molecule has 1 atom stereocenters. The molecule has 1 rings (SSSR count). The van der Waals surface area contributed by atoms with Crippen LogP contribution in [0, 0.1) is 10.1 Å². The third-order valence-electron chi connectivity index (χ3n) is 1.59. The van der Waals surface area contributed by atoms with E-state index in [1.807, 2.05) is 0 Å². The molecule has 0 amide bonds. The zero-order valence-corrected chi connectivity index (χ0v) is 8.71. The van der Waals surface area contributed by atoms with Crippen LogP contribution in [0.1, 0.15) is 11.7 Å². The van der Waals surface area contributed by atoms with Crippen molar-refractivity contribution in [1.29, 1.82) is 0 Å². The zero-order chi connectivity index (χ0) is 11.6. The van der Waals surface area contributed by atoms with Crippen LogP contribution in [-0.2, 0) is 4.79 Å². The molecule has 7 nitrogen and oxygen atoms in total. The lowest BCUT2D eigenvalue weighted by Gasteiger charge is -2.06. The first-order chi connectivity index (χ1) is 6.93. The van der Waals surface area contributed by atoms with E-state index in [-0.39, 0.29) is 15.9 Å². The third-order valence-corrected chi connectivity index (χ3v) is 2.25. The molecule has 0 aliphatic carbocycles. The van der Waals surface area contributed by atoms with Gasteiger partial charge in [0.25, 0.3) is 5.69 Å². The fraction of sp³-hybridized carbons (Fsp3) is 0.143. The Balaban J connectivity index is 3.22. The topological polar surface area (TPSA) is 114 Å². The van der Waals surface area contributed by atoms with Crippen LogP contribution < -0.4 is 0 Å². The van der Waals surface area contributed by atoms with Crippen molar-refractivity contribution in [2.45, 2.75) is 6.10 Å². The summed E-state index contributed by atoms with van der Waals surface area (Å²) in [6.07, 6.45) is -0.880. The van der Waals surface area contributed by atoms with E-state index < -0.39 is 17.0 Å². The Morgan fingerprint density at radius 1 is 1.67 bits per heavy atom. The normalized spacial score (nSPS) is 12.1. The van der Waals surface area contributed by atoms with Crippen LogP contribution in [-0.4, -0.2) is 26.1 Å². The van der Waals surface area contributed by atoms with Gasteiger partial charge in [-0.05, 0) is 15.9 Å². The van der Waals surface area contributed by atoms with Gasteiger partial charge < -0.3 is 10.2 Å². The fourth-order valence-electron chi connectivity index (χ4n) is 0.878. The minimum atomic E-state index is -1.84. The zero-order valence-electron chi connectivity index (χ0n) is 7.12. The molecular formula is C7H5BrN2O5. The smallest absolute Gasteiger partial charge is 0.337 e. The molecule has 80 valence electrons. The molecule has 0 fully saturated rings. The number of nitro groups is 1. The molecule has 0 spiro atoms. The summed E-state index contributed by atoms with van der Waals surface area (Å²) in [4.78, 5) is 23.7. The van der Waals surface area contributed by atoms with Crippen molar-refractivity contribution in [3.63, 3.8) is 0 Å². The summed E-state index contributed by atoms with van der Waals surface area (Å²) in [5, 5.41) is 28.1. The van der Waals surface area contributed by atoms with Crippen LogP contribution in [0.3, 0.4) is 0 Å². The lowest BCUT2D eigenvalue weighted by Crippen LogP contribution is -2.12. The Morgan fingerprint density at radius 3 is 2.73 bits per heavy atom. The Kier molecular flexibility index (Phi) is 3.32. The highest BCUT2D eigenvalue weighted by atomic mass is 79.9. The molecule has 1 aromatic heterocycles. The van der Waals surface area contributed by atoms with Crippen LogP contribution in [0.15, 0.2) is 16.9 Å². The van der Waals surface area contributed by atoms with Crippen molar-refractivity contribution in [2.75, 3.05) is 0 Å². The summed E-state index contributed by atoms with van der Waals surface area (Å²) in [6.45, 7) is 0. The van der Waals surface area contributed by atoms with Crippen molar-refractivity contribution in [2.24, 2.45) is 0 Å². The molecule has 15 heavy (non-hydrogen) atoms. The quantitative estimate of drug-likeness (QED) is 0.481. The molecule has 0 radical (unpaired) electrons.